The maximum Gasteiger partial charge on any atom is 0.275 e. The molecule has 0 spiro atoms. The molecule has 2 aromatic rings. The van der Waals surface area contributed by atoms with Gasteiger partial charge < -0.3 is 10.6 Å². The topological polar surface area (TPSA) is 128 Å². The lowest BCUT2D eigenvalue weighted by Crippen LogP contribution is -2.24. The third-order valence-corrected chi connectivity index (χ3v) is 3.19. The van der Waals surface area contributed by atoms with Crippen molar-refractivity contribution < 1.29 is 14.0 Å². The molecule has 0 aromatic carbocycles. The van der Waals surface area contributed by atoms with E-state index in [2.05, 4.69) is 42.6 Å². The van der Waals surface area contributed by atoms with Gasteiger partial charge in [0.15, 0.2) is 0 Å². The van der Waals surface area contributed by atoms with E-state index in [4.69, 9.17) is 0 Å². The number of aromatic amines is 2. The Labute approximate surface area is 148 Å². The van der Waals surface area contributed by atoms with Gasteiger partial charge in [-0.3, -0.25) is 19.8 Å². The molecule has 4 N–H and O–H groups in total. The predicted octanol–water partition coefficient (Wildman–Crippen LogP) is 1.77. The number of rotatable bonds is 8. The molecule has 136 valence electrons. The zero-order valence-corrected chi connectivity index (χ0v) is 14.0. The summed E-state index contributed by atoms with van der Waals surface area (Å²) in [5.74, 6) is -0.752. The highest BCUT2D eigenvalue weighted by molar-refractivity contribution is 6.02. The van der Waals surface area contributed by atoms with Crippen molar-refractivity contribution in [2.24, 2.45) is 0 Å². The van der Waals surface area contributed by atoms with Crippen LogP contribution in [0.4, 0.5) is 10.1 Å². The van der Waals surface area contributed by atoms with Crippen LogP contribution in [0.5, 0.6) is 0 Å². The lowest BCUT2D eigenvalue weighted by molar-refractivity contribution is -0.116. The molecule has 0 atom stereocenters. The van der Waals surface area contributed by atoms with E-state index in [0.717, 1.165) is 0 Å². The van der Waals surface area contributed by atoms with Crippen LogP contribution in [0.1, 0.15) is 29.7 Å². The quantitative estimate of drug-likeness (QED) is 0.534. The SMILES string of the molecule is C=C(/C=C\C(F)=C/C)NC(=O)c1[nH]ncc1NC(=O)CCc1ncn[nH]1. The van der Waals surface area contributed by atoms with Crippen molar-refractivity contribution in [3.8, 4) is 0 Å². The Kier molecular flexibility index (Phi) is 6.54. The molecule has 0 saturated heterocycles. The summed E-state index contributed by atoms with van der Waals surface area (Å²) < 4.78 is 13.0. The highest BCUT2D eigenvalue weighted by Crippen LogP contribution is 2.13. The van der Waals surface area contributed by atoms with E-state index in [1.807, 2.05) is 0 Å². The molecule has 0 radical (unpaired) electrons. The molecule has 0 aliphatic carbocycles. The molecular weight excluding hydrogens is 341 g/mol. The van der Waals surface area contributed by atoms with Gasteiger partial charge in [0.05, 0.1) is 11.9 Å². The van der Waals surface area contributed by atoms with Crippen LogP contribution in [0.2, 0.25) is 0 Å². The molecule has 0 unspecified atom stereocenters. The highest BCUT2D eigenvalue weighted by atomic mass is 19.1. The van der Waals surface area contributed by atoms with Crippen LogP contribution in [0.15, 0.2) is 48.9 Å². The van der Waals surface area contributed by atoms with Gasteiger partial charge in [-0.1, -0.05) is 12.7 Å². The van der Waals surface area contributed by atoms with E-state index < -0.39 is 11.7 Å². The number of anilines is 1. The maximum atomic E-state index is 13.0. The first-order valence-electron chi connectivity index (χ1n) is 7.67. The molecule has 2 heterocycles. The smallest absolute Gasteiger partial charge is 0.275 e. The average Bonchev–Trinajstić information content (AvgIpc) is 3.29. The van der Waals surface area contributed by atoms with Crippen LogP contribution in [-0.4, -0.2) is 37.2 Å². The Morgan fingerprint density at radius 2 is 2.12 bits per heavy atom. The molecule has 26 heavy (non-hydrogen) atoms. The Morgan fingerprint density at radius 3 is 2.81 bits per heavy atom. The summed E-state index contributed by atoms with van der Waals surface area (Å²) in [4.78, 5) is 28.1. The van der Waals surface area contributed by atoms with E-state index in [9.17, 15) is 14.0 Å². The molecule has 2 amide bonds. The Hall–Kier alpha value is -3.56. The van der Waals surface area contributed by atoms with Crippen molar-refractivity contribution in [3.63, 3.8) is 0 Å². The number of aromatic nitrogens is 5. The normalized spacial score (nSPS) is 11.5. The third-order valence-electron chi connectivity index (χ3n) is 3.19. The number of carbonyl (C=O) groups excluding carboxylic acids is 2. The maximum absolute atomic E-state index is 13.0. The molecule has 2 rings (SSSR count). The molecule has 0 bridgehead atoms. The van der Waals surface area contributed by atoms with E-state index in [1.54, 1.807) is 6.92 Å². The average molecular weight is 359 g/mol. The van der Waals surface area contributed by atoms with Crippen LogP contribution in [0.3, 0.4) is 0 Å². The van der Waals surface area contributed by atoms with Gasteiger partial charge in [0.1, 0.15) is 23.7 Å². The van der Waals surface area contributed by atoms with E-state index in [1.165, 1.54) is 30.8 Å². The van der Waals surface area contributed by atoms with Crippen molar-refractivity contribution in [1.29, 1.82) is 0 Å². The number of hydrogen-bond donors (Lipinski definition) is 4. The van der Waals surface area contributed by atoms with Gasteiger partial charge in [0, 0.05) is 18.5 Å². The Bertz CT molecular complexity index is 837. The van der Waals surface area contributed by atoms with Gasteiger partial charge >= 0.3 is 0 Å². The van der Waals surface area contributed by atoms with Gasteiger partial charge in [-0.05, 0) is 19.1 Å². The second kappa shape index (κ2) is 9.06. The minimum absolute atomic E-state index is 0.0547. The van der Waals surface area contributed by atoms with Gasteiger partial charge in [-0.15, -0.1) is 0 Å². The lowest BCUT2D eigenvalue weighted by Gasteiger charge is -2.06. The van der Waals surface area contributed by atoms with E-state index >= 15 is 0 Å². The molecule has 0 aliphatic rings. The summed E-state index contributed by atoms with van der Waals surface area (Å²) in [6.45, 7) is 5.15. The minimum Gasteiger partial charge on any atom is -0.323 e. The summed E-state index contributed by atoms with van der Waals surface area (Å²) in [5.41, 5.74) is 0.463. The number of hydrogen-bond acceptors (Lipinski definition) is 5. The number of nitrogens with one attached hydrogen (secondary N) is 4. The standard InChI is InChI=1S/C16H18FN7O2/c1-3-11(17)5-4-10(2)21-16(26)15-12(8-19-24-15)22-14(25)7-6-13-18-9-20-23-13/h3-5,8-9H,2,6-7H2,1H3,(H,19,24)(H,21,26)(H,22,25)(H,18,20,23)/b5-4-,11-3+. The number of allylic oxidation sites excluding steroid dienone is 4. The van der Waals surface area contributed by atoms with E-state index in [-0.39, 0.29) is 29.4 Å². The van der Waals surface area contributed by atoms with Crippen LogP contribution in [0.25, 0.3) is 0 Å². The van der Waals surface area contributed by atoms with Crippen LogP contribution in [-0.2, 0) is 11.2 Å². The molecule has 10 heteroatoms. The summed E-state index contributed by atoms with van der Waals surface area (Å²) in [5, 5.41) is 17.7. The molecule has 0 saturated carbocycles. The molecule has 2 aromatic heterocycles. The summed E-state index contributed by atoms with van der Waals surface area (Å²) in [7, 11) is 0. The zero-order chi connectivity index (χ0) is 18.9. The van der Waals surface area contributed by atoms with Crippen LogP contribution >= 0.6 is 0 Å². The van der Waals surface area contributed by atoms with Gasteiger partial charge in [-0.25, -0.2) is 9.37 Å². The summed E-state index contributed by atoms with van der Waals surface area (Å²) in [6.07, 6.45) is 6.96. The minimum atomic E-state index is -0.566. The summed E-state index contributed by atoms with van der Waals surface area (Å²) in [6, 6.07) is 0. The first kappa shape index (κ1) is 18.8. The summed E-state index contributed by atoms with van der Waals surface area (Å²) >= 11 is 0. The second-order valence-electron chi connectivity index (χ2n) is 5.13. The third kappa shape index (κ3) is 5.51. The molecule has 0 aliphatic heterocycles. The van der Waals surface area contributed by atoms with Crippen molar-refractivity contribution >= 4 is 17.5 Å². The van der Waals surface area contributed by atoms with Crippen LogP contribution in [0, 0.1) is 0 Å². The predicted molar refractivity (Wildman–Crippen MR) is 92.5 cm³/mol. The number of H-pyrrole nitrogens is 2. The fourth-order valence-electron chi connectivity index (χ4n) is 1.88. The van der Waals surface area contributed by atoms with Crippen LogP contribution < -0.4 is 10.6 Å². The number of nitrogens with zero attached hydrogens (tertiary/aromatic N) is 3. The number of amides is 2. The highest BCUT2D eigenvalue weighted by Gasteiger charge is 2.16. The Balaban J connectivity index is 1.92. The van der Waals surface area contributed by atoms with Crippen molar-refractivity contribution in [1.82, 2.24) is 30.7 Å². The number of halogens is 1. The monoisotopic (exact) mass is 359 g/mol. The second-order valence-corrected chi connectivity index (χ2v) is 5.13. The zero-order valence-electron chi connectivity index (χ0n) is 14.0. The van der Waals surface area contributed by atoms with Gasteiger partial charge in [0.25, 0.3) is 5.91 Å². The van der Waals surface area contributed by atoms with E-state index in [0.29, 0.717) is 12.2 Å². The fraction of sp³-hybridized carbons (Fsp3) is 0.188. The Morgan fingerprint density at radius 1 is 1.31 bits per heavy atom. The first-order valence-corrected chi connectivity index (χ1v) is 7.67. The number of aryl methyl sites for hydroxylation is 1. The molecule has 9 nitrogen and oxygen atoms in total. The van der Waals surface area contributed by atoms with Gasteiger partial charge in [-0.2, -0.15) is 10.2 Å². The molecule has 0 fully saturated rings. The largest absolute Gasteiger partial charge is 0.323 e. The first-order chi connectivity index (χ1) is 12.5. The molecular formula is C16H18FN7O2. The van der Waals surface area contributed by atoms with Crippen molar-refractivity contribution in [2.75, 3.05) is 5.32 Å². The van der Waals surface area contributed by atoms with Gasteiger partial charge in [0.2, 0.25) is 5.91 Å². The lowest BCUT2D eigenvalue weighted by atomic mass is 10.2. The number of carbonyl (C=O) groups is 2. The van der Waals surface area contributed by atoms with Crippen molar-refractivity contribution in [3.05, 3.63) is 60.4 Å². The fourth-order valence-corrected chi connectivity index (χ4v) is 1.88. The van der Waals surface area contributed by atoms with Crippen molar-refractivity contribution in [2.45, 2.75) is 19.8 Å².